The van der Waals surface area contributed by atoms with Crippen molar-refractivity contribution in [3.63, 3.8) is 0 Å². The van der Waals surface area contributed by atoms with Crippen molar-refractivity contribution < 1.29 is 4.74 Å². The number of para-hydroxylation sites is 2. The lowest BCUT2D eigenvalue weighted by Gasteiger charge is -2.34. The number of aromatic amines is 1. The highest BCUT2D eigenvalue weighted by atomic mass is 16.5. The normalized spacial score (nSPS) is 21.4. The summed E-state index contributed by atoms with van der Waals surface area (Å²) in [5, 5.41) is 3.35. The maximum atomic E-state index is 12.4. The van der Waals surface area contributed by atoms with E-state index in [1.54, 1.807) is 0 Å². The van der Waals surface area contributed by atoms with Gasteiger partial charge in [-0.1, -0.05) is 26.0 Å². The van der Waals surface area contributed by atoms with Gasteiger partial charge in [-0.25, -0.2) is 4.79 Å². The number of morpholine rings is 1. The van der Waals surface area contributed by atoms with Gasteiger partial charge in [-0.15, -0.1) is 0 Å². The summed E-state index contributed by atoms with van der Waals surface area (Å²) in [6, 6.07) is 7.85. The molecule has 5 heteroatoms. The van der Waals surface area contributed by atoms with Crippen molar-refractivity contribution in [2.45, 2.75) is 26.0 Å². The molecule has 1 aliphatic rings. The number of H-pyrrole nitrogens is 1. The highest BCUT2D eigenvalue weighted by molar-refractivity contribution is 5.75. The number of hydrogen-bond acceptors (Lipinski definition) is 3. The molecule has 5 nitrogen and oxygen atoms in total. The molecule has 0 bridgehead atoms. The number of imidazole rings is 1. The van der Waals surface area contributed by atoms with Crippen LogP contribution in [-0.2, 0) is 4.74 Å². The minimum Gasteiger partial charge on any atom is -0.373 e. The molecule has 0 radical (unpaired) electrons. The Morgan fingerprint density at radius 2 is 2.15 bits per heavy atom. The lowest BCUT2D eigenvalue weighted by Crippen LogP contribution is -2.46. The zero-order valence-electron chi connectivity index (χ0n) is 11.9. The summed E-state index contributed by atoms with van der Waals surface area (Å²) in [5.74, 6) is 0.316. The van der Waals surface area contributed by atoms with Gasteiger partial charge in [0.15, 0.2) is 0 Å². The van der Waals surface area contributed by atoms with Gasteiger partial charge in [-0.3, -0.25) is 4.57 Å². The van der Waals surface area contributed by atoms with Gasteiger partial charge >= 0.3 is 5.69 Å². The van der Waals surface area contributed by atoms with Crippen molar-refractivity contribution in [3.05, 3.63) is 34.7 Å². The van der Waals surface area contributed by atoms with Crippen LogP contribution in [0.1, 0.15) is 19.9 Å². The second-order valence-electron chi connectivity index (χ2n) is 5.67. The van der Waals surface area contributed by atoms with Crippen LogP contribution in [0.25, 0.3) is 11.0 Å². The van der Waals surface area contributed by atoms with Crippen LogP contribution in [0.3, 0.4) is 0 Å². The average molecular weight is 275 g/mol. The fraction of sp³-hybridized carbons (Fsp3) is 0.533. The lowest BCUT2D eigenvalue weighted by atomic mass is 9.97. The van der Waals surface area contributed by atoms with Crippen molar-refractivity contribution in [1.82, 2.24) is 14.9 Å². The Hall–Kier alpha value is -1.59. The first-order chi connectivity index (χ1) is 9.68. The van der Waals surface area contributed by atoms with Gasteiger partial charge in [0.1, 0.15) is 0 Å². The standard InChI is InChI=1S/C15H21N3O2/c1-10(2)14(13-9-16-7-8-20-13)18-12-6-4-3-5-11(12)17-15(18)19/h3-6,10,13-14,16H,7-9H2,1-2H3,(H,17,19). The molecule has 0 amide bonds. The maximum Gasteiger partial charge on any atom is 0.326 e. The Morgan fingerprint density at radius 1 is 1.35 bits per heavy atom. The van der Waals surface area contributed by atoms with Crippen LogP contribution >= 0.6 is 0 Å². The molecular formula is C15H21N3O2. The Kier molecular flexibility index (Phi) is 3.63. The summed E-state index contributed by atoms with van der Waals surface area (Å²) in [6.07, 6.45) is 0.0284. The van der Waals surface area contributed by atoms with E-state index in [9.17, 15) is 4.79 Å². The predicted octanol–water partition coefficient (Wildman–Crippen LogP) is 1.52. The molecule has 20 heavy (non-hydrogen) atoms. The van der Waals surface area contributed by atoms with Crippen LogP contribution in [0.5, 0.6) is 0 Å². The molecule has 0 aliphatic carbocycles. The molecule has 2 atom stereocenters. The van der Waals surface area contributed by atoms with E-state index in [1.807, 2.05) is 28.8 Å². The van der Waals surface area contributed by atoms with Crippen molar-refractivity contribution in [2.75, 3.05) is 19.7 Å². The van der Waals surface area contributed by atoms with E-state index >= 15 is 0 Å². The van der Waals surface area contributed by atoms with Crippen molar-refractivity contribution >= 4 is 11.0 Å². The molecule has 1 saturated heterocycles. The first kappa shape index (κ1) is 13.4. The second-order valence-corrected chi connectivity index (χ2v) is 5.67. The van der Waals surface area contributed by atoms with Crippen molar-refractivity contribution in [1.29, 1.82) is 0 Å². The van der Waals surface area contributed by atoms with Crippen LogP contribution in [0.4, 0.5) is 0 Å². The summed E-state index contributed by atoms with van der Waals surface area (Å²) in [7, 11) is 0. The van der Waals surface area contributed by atoms with Gasteiger partial charge in [0.2, 0.25) is 0 Å². The topological polar surface area (TPSA) is 59.0 Å². The highest BCUT2D eigenvalue weighted by Gasteiger charge is 2.30. The number of hydrogen-bond donors (Lipinski definition) is 2. The molecular weight excluding hydrogens is 254 g/mol. The SMILES string of the molecule is CC(C)C(C1CNCCO1)n1c(=O)[nH]c2ccccc21. The third-order valence-electron chi connectivity index (χ3n) is 3.94. The first-order valence-corrected chi connectivity index (χ1v) is 7.20. The largest absolute Gasteiger partial charge is 0.373 e. The van der Waals surface area contributed by atoms with Crippen molar-refractivity contribution in [3.8, 4) is 0 Å². The van der Waals surface area contributed by atoms with Crippen LogP contribution in [0.15, 0.2) is 29.1 Å². The summed E-state index contributed by atoms with van der Waals surface area (Å²) >= 11 is 0. The van der Waals surface area contributed by atoms with E-state index in [2.05, 4.69) is 24.1 Å². The number of aromatic nitrogens is 2. The summed E-state index contributed by atoms with van der Waals surface area (Å²) in [5.41, 5.74) is 1.77. The average Bonchev–Trinajstić information content (AvgIpc) is 2.77. The molecule has 1 aliphatic heterocycles. The van der Waals surface area contributed by atoms with Crippen LogP contribution in [0.2, 0.25) is 0 Å². The number of nitrogens with zero attached hydrogens (tertiary/aromatic N) is 1. The smallest absolute Gasteiger partial charge is 0.326 e. The molecule has 2 N–H and O–H groups in total. The van der Waals surface area contributed by atoms with E-state index < -0.39 is 0 Å². The van der Waals surface area contributed by atoms with Crippen LogP contribution in [0, 0.1) is 5.92 Å². The fourth-order valence-electron chi connectivity index (χ4n) is 3.07. The zero-order chi connectivity index (χ0) is 14.1. The van der Waals surface area contributed by atoms with E-state index in [0.29, 0.717) is 12.5 Å². The molecule has 108 valence electrons. The number of ether oxygens (including phenoxy) is 1. The van der Waals surface area contributed by atoms with Gasteiger partial charge in [-0.05, 0) is 18.1 Å². The van der Waals surface area contributed by atoms with Gasteiger partial charge in [0.05, 0.1) is 29.8 Å². The third kappa shape index (κ3) is 2.27. The molecule has 1 aromatic heterocycles. The molecule has 0 saturated carbocycles. The zero-order valence-corrected chi connectivity index (χ0v) is 11.9. The summed E-state index contributed by atoms with van der Waals surface area (Å²) < 4.78 is 7.75. The van der Waals surface area contributed by atoms with Gasteiger partial charge < -0.3 is 15.0 Å². The third-order valence-corrected chi connectivity index (χ3v) is 3.94. The molecule has 2 heterocycles. The number of fused-ring (bicyclic) bond motifs is 1. The van der Waals surface area contributed by atoms with Gasteiger partial charge in [0.25, 0.3) is 0 Å². The fourth-order valence-corrected chi connectivity index (χ4v) is 3.07. The number of nitrogens with one attached hydrogen (secondary N) is 2. The minimum absolute atomic E-state index is 0.0284. The molecule has 3 rings (SSSR count). The van der Waals surface area contributed by atoms with E-state index in [0.717, 1.165) is 24.1 Å². The Bertz CT molecular complexity index is 638. The Labute approximate surface area is 117 Å². The van der Waals surface area contributed by atoms with E-state index in [-0.39, 0.29) is 17.8 Å². The van der Waals surface area contributed by atoms with Crippen LogP contribution in [-0.4, -0.2) is 35.4 Å². The Balaban J connectivity index is 2.09. The maximum absolute atomic E-state index is 12.4. The first-order valence-electron chi connectivity index (χ1n) is 7.20. The molecule has 2 aromatic rings. The molecule has 0 spiro atoms. The summed E-state index contributed by atoms with van der Waals surface area (Å²) in [6.45, 7) is 6.64. The molecule has 1 aromatic carbocycles. The number of rotatable bonds is 3. The monoisotopic (exact) mass is 275 g/mol. The quantitative estimate of drug-likeness (QED) is 0.893. The molecule has 2 unspecified atom stereocenters. The second kappa shape index (κ2) is 5.42. The lowest BCUT2D eigenvalue weighted by molar-refractivity contribution is -0.0169. The van der Waals surface area contributed by atoms with E-state index in [4.69, 9.17) is 4.74 Å². The van der Waals surface area contributed by atoms with Gasteiger partial charge in [-0.2, -0.15) is 0 Å². The molecule has 1 fully saturated rings. The minimum atomic E-state index is -0.0564. The van der Waals surface area contributed by atoms with E-state index in [1.165, 1.54) is 0 Å². The van der Waals surface area contributed by atoms with Gasteiger partial charge in [0, 0.05) is 13.1 Å². The predicted molar refractivity (Wildman–Crippen MR) is 79.0 cm³/mol. The van der Waals surface area contributed by atoms with Crippen molar-refractivity contribution in [2.24, 2.45) is 5.92 Å². The Morgan fingerprint density at radius 3 is 2.85 bits per heavy atom. The summed E-state index contributed by atoms with van der Waals surface area (Å²) in [4.78, 5) is 15.3. The highest BCUT2D eigenvalue weighted by Crippen LogP contribution is 2.26. The van der Waals surface area contributed by atoms with Crippen LogP contribution < -0.4 is 11.0 Å². The number of benzene rings is 1.